The summed E-state index contributed by atoms with van der Waals surface area (Å²) in [7, 11) is 0. The molecule has 8 nitrogen and oxygen atoms in total. The van der Waals surface area contributed by atoms with E-state index >= 15 is 0 Å². The lowest BCUT2D eigenvalue weighted by molar-refractivity contribution is 0.567. The topological polar surface area (TPSA) is 115 Å². The summed E-state index contributed by atoms with van der Waals surface area (Å²) in [6, 6.07) is 1.21. The summed E-state index contributed by atoms with van der Waals surface area (Å²) in [4.78, 5) is 15.1. The largest absolute Gasteiger partial charge is 0.383 e. The lowest BCUT2D eigenvalue weighted by atomic mass is 10.3. The van der Waals surface area contributed by atoms with E-state index in [-0.39, 0.29) is 11.9 Å². The Morgan fingerprint density at radius 2 is 2.40 bits per heavy atom. The molecule has 15 heavy (non-hydrogen) atoms. The molecule has 0 fully saturated rings. The molecule has 0 aliphatic carbocycles. The predicted molar refractivity (Wildman–Crippen MR) is 50.9 cm³/mol. The van der Waals surface area contributed by atoms with Gasteiger partial charge in [-0.2, -0.15) is 10.2 Å². The molecule has 0 saturated carbocycles. The third kappa shape index (κ3) is 1.68. The Bertz CT molecular complexity index is 502. The first-order valence-corrected chi connectivity index (χ1v) is 4.26. The molecule has 1 unspecified atom stereocenters. The van der Waals surface area contributed by atoms with Crippen molar-refractivity contribution in [2.75, 3.05) is 5.73 Å². The van der Waals surface area contributed by atoms with Gasteiger partial charge in [0, 0.05) is 6.20 Å². The molecule has 2 heterocycles. The minimum Gasteiger partial charge on any atom is -0.383 e. The fraction of sp³-hybridized carbons (Fsp3) is 0.286. The normalized spacial score (nSPS) is 12.6. The number of aromatic nitrogens is 6. The Balaban J connectivity index is 2.42. The molecular weight excluding hydrogens is 198 g/mol. The van der Waals surface area contributed by atoms with Gasteiger partial charge < -0.3 is 5.73 Å². The number of rotatable bonds is 2. The molecule has 8 heteroatoms. The average molecular weight is 207 g/mol. The van der Waals surface area contributed by atoms with E-state index in [0.29, 0.717) is 5.82 Å². The summed E-state index contributed by atoms with van der Waals surface area (Å²) >= 11 is 0. The van der Waals surface area contributed by atoms with Crippen molar-refractivity contribution in [3.05, 3.63) is 28.6 Å². The van der Waals surface area contributed by atoms with E-state index in [0.717, 1.165) is 0 Å². The predicted octanol–water partition coefficient (Wildman–Crippen LogP) is -1.05. The van der Waals surface area contributed by atoms with Crippen LogP contribution in [0.15, 0.2) is 17.1 Å². The molecular formula is C7H9N7O. The van der Waals surface area contributed by atoms with Crippen LogP contribution in [0, 0.1) is 0 Å². The summed E-state index contributed by atoms with van der Waals surface area (Å²) in [5.41, 5.74) is 4.93. The summed E-state index contributed by atoms with van der Waals surface area (Å²) < 4.78 is 1.38. The van der Waals surface area contributed by atoms with E-state index in [4.69, 9.17) is 5.73 Å². The second kappa shape index (κ2) is 3.48. The first-order chi connectivity index (χ1) is 7.18. The number of nitrogens with zero attached hydrogens (tertiary/aromatic N) is 5. The summed E-state index contributed by atoms with van der Waals surface area (Å²) in [6.07, 6.45) is 1.55. The van der Waals surface area contributed by atoms with Crippen LogP contribution in [0.5, 0.6) is 0 Å². The molecule has 0 aromatic carbocycles. The molecule has 0 aliphatic rings. The first-order valence-electron chi connectivity index (χ1n) is 4.26. The van der Waals surface area contributed by atoms with Crippen LogP contribution in [0.25, 0.3) is 0 Å². The number of hydrogen-bond acceptors (Lipinski definition) is 6. The highest BCUT2D eigenvalue weighted by molar-refractivity contribution is 5.23. The Morgan fingerprint density at radius 3 is 3.00 bits per heavy atom. The number of aromatic amines is 1. The van der Waals surface area contributed by atoms with Crippen LogP contribution in [0.2, 0.25) is 0 Å². The molecule has 0 bridgehead atoms. The van der Waals surface area contributed by atoms with Crippen LogP contribution >= 0.6 is 0 Å². The van der Waals surface area contributed by atoms with Gasteiger partial charge in [0.2, 0.25) is 0 Å². The Labute approximate surface area is 84.1 Å². The van der Waals surface area contributed by atoms with E-state index in [1.807, 2.05) is 0 Å². The van der Waals surface area contributed by atoms with Gasteiger partial charge >= 0.3 is 5.69 Å². The van der Waals surface area contributed by atoms with Crippen molar-refractivity contribution < 1.29 is 0 Å². The molecule has 2 rings (SSSR count). The number of tetrazole rings is 1. The number of nitrogen functional groups attached to an aromatic ring is 1. The zero-order valence-corrected chi connectivity index (χ0v) is 7.95. The number of H-pyrrole nitrogens is 1. The lowest BCUT2D eigenvalue weighted by Crippen LogP contribution is -2.26. The van der Waals surface area contributed by atoms with Gasteiger partial charge in [-0.3, -0.25) is 4.57 Å². The van der Waals surface area contributed by atoms with Crippen molar-refractivity contribution in [3.63, 3.8) is 0 Å². The second-order valence-electron chi connectivity index (χ2n) is 2.99. The monoisotopic (exact) mass is 207 g/mol. The van der Waals surface area contributed by atoms with E-state index < -0.39 is 5.69 Å². The minimum atomic E-state index is -0.438. The van der Waals surface area contributed by atoms with Crippen LogP contribution in [0.4, 0.5) is 5.82 Å². The van der Waals surface area contributed by atoms with Gasteiger partial charge in [-0.15, -0.1) is 10.2 Å². The fourth-order valence-electron chi connectivity index (χ4n) is 1.19. The molecule has 2 aromatic heterocycles. The van der Waals surface area contributed by atoms with E-state index in [1.165, 1.54) is 10.6 Å². The Kier molecular flexibility index (Phi) is 2.16. The van der Waals surface area contributed by atoms with E-state index in [9.17, 15) is 4.79 Å². The van der Waals surface area contributed by atoms with E-state index in [2.05, 4.69) is 25.6 Å². The number of anilines is 1. The van der Waals surface area contributed by atoms with Crippen molar-refractivity contribution >= 4 is 5.82 Å². The highest BCUT2D eigenvalue weighted by Crippen LogP contribution is 2.08. The van der Waals surface area contributed by atoms with Gasteiger partial charge in [0.05, 0.1) is 6.04 Å². The molecule has 0 radical (unpaired) electrons. The van der Waals surface area contributed by atoms with Crippen LogP contribution in [-0.2, 0) is 0 Å². The molecule has 0 spiro atoms. The molecule has 3 N–H and O–H groups in total. The third-order valence-electron chi connectivity index (χ3n) is 2.00. The first kappa shape index (κ1) is 9.31. The Morgan fingerprint density at radius 1 is 1.60 bits per heavy atom. The second-order valence-corrected chi connectivity index (χ2v) is 2.99. The number of nitrogens with one attached hydrogen (secondary N) is 1. The van der Waals surface area contributed by atoms with Gasteiger partial charge in [0.1, 0.15) is 5.82 Å². The number of hydrogen-bond donors (Lipinski definition) is 2. The molecule has 2 aromatic rings. The molecule has 78 valence electrons. The van der Waals surface area contributed by atoms with Crippen LogP contribution in [-0.4, -0.2) is 30.2 Å². The highest BCUT2D eigenvalue weighted by atomic mass is 16.1. The highest BCUT2D eigenvalue weighted by Gasteiger charge is 2.13. The molecule has 0 amide bonds. The number of nitrogens with two attached hydrogens (primary N) is 1. The third-order valence-corrected chi connectivity index (χ3v) is 2.00. The maximum absolute atomic E-state index is 11.5. The van der Waals surface area contributed by atoms with Gasteiger partial charge in [-0.25, -0.2) is 4.79 Å². The van der Waals surface area contributed by atoms with Crippen LogP contribution < -0.4 is 11.4 Å². The average Bonchev–Trinajstić information content (AvgIpc) is 2.69. The summed E-state index contributed by atoms with van der Waals surface area (Å²) in [5, 5.41) is 13.3. The zero-order chi connectivity index (χ0) is 10.8. The zero-order valence-electron chi connectivity index (χ0n) is 7.95. The van der Waals surface area contributed by atoms with Gasteiger partial charge in [0.25, 0.3) is 0 Å². The van der Waals surface area contributed by atoms with E-state index in [1.54, 1.807) is 13.1 Å². The fourth-order valence-corrected chi connectivity index (χ4v) is 1.19. The smallest absolute Gasteiger partial charge is 0.350 e. The summed E-state index contributed by atoms with van der Waals surface area (Å²) in [6.45, 7) is 1.77. The maximum Gasteiger partial charge on any atom is 0.350 e. The summed E-state index contributed by atoms with van der Waals surface area (Å²) in [5.74, 6) is 0.611. The minimum absolute atomic E-state index is 0.191. The standard InChI is InChI=1S/C7H9N7O/c1-4(6-10-12-13-11-6)14-3-2-5(8)9-7(14)15/h2-4H,1H3,(H2,8,9,15)(H,10,11,12,13). The molecule has 0 saturated heterocycles. The van der Waals surface area contributed by atoms with Crippen LogP contribution in [0.1, 0.15) is 18.8 Å². The van der Waals surface area contributed by atoms with Gasteiger partial charge in [-0.05, 0) is 13.0 Å². The lowest BCUT2D eigenvalue weighted by Gasteiger charge is -2.09. The van der Waals surface area contributed by atoms with Crippen molar-refractivity contribution in [1.82, 2.24) is 30.2 Å². The molecule has 1 atom stereocenters. The van der Waals surface area contributed by atoms with Crippen molar-refractivity contribution in [2.24, 2.45) is 0 Å². The van der Waals surface area contributed by atoms with Gasteiger partial charge in [-0.1, -0.05) is 5.21 Å². The molecule has 0 aliphatic heterocycles. The van der Waals surface area contributed by atoms with Crippen molar-refractivity contribution in [2.45, 2.75) is 13.0 Å². The quantitative estimate of drug-likeness (QED) is 0.649. The SMILES string of the molecule is CC(c1nn[nH]n1)n1ccc(N)nc1=O. The van der Waals surface area contributed by atoms with Crippen LogP contribution in [0.3, 0.4) is 0 Å². The maximum atomic E-state index is 11.5. The van der Waals surface area contributed by atoms with Gasteiger partial charge in [0.15, 0.2) is 5.82 Å². The van der Waals surface area contributed by atoms with Crippen molar-refractivity contribution in [3.8, 4) is 0 Å². The van der Waals surface area contributed by atoms with Crippen molar-refractivity contribution in [1.29, 1.82) is 0 Å². The Hall–Kier alpha value is -2.25.